The number of methoxy groups -OCH3 is 1. The van der Waals surface area contributed by atoms with Crippen LogP contribution in [-0.4, -0.2) is 51.1 Å². The number of halogens is 3. The van der Waals surface area contributed by atoms with Gasteiger partial charge in [0.25, 0.3) is 0 Å². The van der Waals surface area contributed by atoms with Crippen molar-refractivity contribution in [3.8, 4) is 28.6 Å². The van der Waals surface area contributed by atoms with Gasteiger partial charge in [-0.2, -0.15) is 4.99 Å². The van der Waals surface area contributed by atoms with E-state index in [1.165, 1.54) is 51.9 Å². The molecule has 0 radical (unpaired) electrons. The number of ether oxygens (including phenoxy) is 2. The first-order valence-corrected chi connectivity index (χ1v) is 15.4. The largest absolute Gasteiger partial charge is 0.573 e. The number of allylic oxidation sites excluding steroid dienone is 2. The molecule has 1 aromatic heterocycles. The highest BCUT2D eigenvalue weighted by atomic mass is 32.2. The normalized spacial score (nSPS) is 14.9. The number of benzene rings is 3. The quantitative estimate of drug-likeness (QED) is 0.207. The second-order valence-electron chi connectivity index (χ2n) is 10.8. The number of hydrogen-bond donors (Lipinski definition) is 1. The number of urea groups is 1. The average molecular weight is 665 g/mol. The Balaban J connectivity index is 1.29. The van der Waals surface area contributed by atoms with E-state index in [1.54, 1.807) is 20.1 Å². The van der Waals surface area contributed by atoms with Gasteiger partial charge in [0, 0.05) is 17.3 Å². The van der Waals surface area contributed by atoms with Crippen LogP contribution in [0, 0.1) is 0 Å². The van der Waals surface area contributed by atoms with Crippen molar-refractivity contribution in [2.24, 2.45) is 4.99 Å². The lowest BCUT2D eigenvalue weighted by Gasteiger charge is -2.22. The molecule has 0 atom stereocenters. The molecule has 244 valence electrons. The number of carbonyl (C=O) groups is 2. The highest BCUT2D eigenvalue weighted by Gasteiger charge is 2.33. The molecule has 1 fully saturated rings. The molecular formula is C33H31F3N6O4S. The summed E-state index contributed by atoms with van der Waals surface area (Å²) >= 11 is 1.20. The maximum Gasteiger partial charge on any atom is 0.573 e. The smallest absolute Gasteiger partial charge is 0.497 e. The van der Waals surface area contributed by atoms with Crippen molar-refractivity contribution in [2.45, 2.75) is 40.0 Å². The van der Waals surface area contributed by atoms with Crippen molar-refractivity contribution in [3.05, 3.63) is 89.9 Å². The Morgan fingerprint density at radius 1 is 1.02 bits per heavy atom. The lowest BCUT2D eigenvalue weighted by Crippen LogP contribution is -2.32. The summed E-state index contributed by atoms with van der Waals surface area (Å²) in [6.45, 7) is 7.68. The molecule has 10 nitrogen and oxygen atoms in total. The molecule has 1 aliphatic rings. The van der Waals surface area contributed by atoms with E-state index >= 15 is 0 Å². The van der Waals surface area contributed by atoms with E-state index in [9.17, 15) is 22.8 Å². The SMILES string of the molecule is COc1ccc(C(C)C)c(N2C(=O)CS/C2=N\C(=O)N/C(C)=C(\C)c2ccc(-c3ncn(-c4ccc(OC(F)(F)F)cc4)n3)cc2)c1. The third-order valence-corrected chi connectivity index (χ3v) is 8.25. The fourth-order valence-electron chi connectivity index (χ4n) is 4.79. The maximum absolute atomic E-state index is 13.0. The van der Waals surface area contributed by atoms with Crippen LogP contribution in [0.15, 0.2) is 83.7 Å². The van der Waals surface area contributed by atoms with Gasteiger partial charge in [0.15, 0.2) is 11.0 Å². The molecule has 4 aromatic rings. The number of nitrogens with one attached hydrogen (secondary N) is 1. The summed E-state index contributed by atoms with van der Waals surface area (Å²) in [6, 6.07) is 17.6. The summed E-state index contributed by atoms with van der Waals surface area (Å²) in [5.41, 5.74) is 5.01. The Labute approximate surface area is 273 Å². The number of rotatable bonds is 8. The van der Waals surface area contributed by atoms with Crippen molar-refractivity contribution in [1.82, 2.24) is 20.1 Å². The van der Waals surface area contributed by atoms with Crippen LogP contribution in [-0.2, 0) is 4.79 Å². The van der Waals surface area contributed by atoms with Gasteiger partial charge in [-0.15, -0.1) is 18.3 Å². The number of thioether (sulfide) groups is 1. The zero-order valence-electron chi connectivity index (χ0n) is 26.1. The molecule has 3 amide bonds. The zero-order chi connectivity index (χ0) is 33.9. The second-order valence-corrected chi connectivity index (χ2v) is 11.7. The fraction of sp³-hybridized carbons (Fsp3) is 0.242. The highest BCUT2D eigenvalue weighted by Crippen LogP contribution is 2.36. The van der Waals surface area contributed by atoms with Crippen LogP contribution in [0.3, 0.4) is 0 Å². The van der Waals surface area contributed by atoms with Gasteiger partial charge in [-0.1, -0.05) is 55.9 Å². The van der Waals surface area contributed by atoms with Gasteiger partial charge >= 0.3 is 12.4 Å². The predicted molar refractivity (Wildman–Crippen MR) is 175 cm³/mol. The lowest BCUT2D eigenvalue weighted by atomic mass is 10.00. The Morgan fingerprint density at radius 2 is 1.70 bits per heavy atom. The highest BCUT2D eigenvalue weighted by molar-refractivity contribution is 8.15. The molecule has 1 aliphatic heterocycles. The molecule has 3 aromatic carbocycles. The molecule has 5 rings (SSSR count). The van der Waals surface area contributed by atoms with Crippen molar-refractivity contribution >= 4 is 40.1 Å². The first-order valence-electron chi connectivity index (χ1n) is 14.4. The van der Waals surface area contributed by atoms with Crippen molar-refractivity contribution in [1.29, 1.82) is 0 Å². The molecule has 14 heteroatoms. The molecule has 0 aliphatic carbocycles. The lowest BCUT2D eigenvalue weighted by molar-refractivity contribution is -0.274. The van der Waals surface area contributed by atoms with Crippen LogP contribution in [0.25, 0.3) is 22.6 Å². The van der Waals surface area contributed by atoms with Crippen LogP contribution in [0.5, 0.6) is 11.5 Å². The summed E-state index contributed by atoms with van der Waals surface area (Å²) in [5.74, 6) is 0.792. The molecule has 2 heterocycles. The summed E-state index contributed by atoms with van der Waals surface area (Å²) in [4.78, 5) is 36.0. The zero-order valence-corrected chi connectivity index (χ0v) is 26.9. The molecule has 0 spiro atoms. The van der Waals surface area contributed by atoms with E-state index in [4.69, 9.17) is 4.74 Å². The maximum atomic E-state index is 13.0. The minimum atomic E-state index is -4.77. The van der Waals surface area contributed by atoms with E-state index in [0.717, 1.165) is 16.7 Å². The summed E-state index contributed by atoms with van der Waals surface area (Å²) < 4.78 is 48.1. The standard InChI is InChI=1S/C33H31F3N6O4S/c1-19(2)27-15-14-26(45-5)16-28(27)42-29(43)17-47-32(42)39-31(44)38-21(4)20(3)22-6-8-23(9-7-22)30-37-18-41(40-30)24-10-12-25(13-11-24)46-33(34,35)36/h6-16,18-19H,17H2,1-5H3,(H,38,44)/b21-20+,39-32-. The Bertz CT molecular complexity index is 1850. The molecule has 0 saturated carbocycles. The van der Waals surface area contributed by atoms with Gasteiger partial charge in [0.05, 0.1) is 24.2 Å². The number of amides is 3. The van der Waals surface area contributed by atoms with Gasteiger partial charge in [-0.25, -0.2) is 14.5 Å². The number of carbonyl (C=O) groups excluding carboxylic acids is 2. The molecule has 47 heavy (non-hydrogen) atoms. The molecule has 1 saturated heterocycles. The topological polar surface area (TPSA) is 111 Å². The monoisotopic (exact) mass is 664 g/mol. The number of amidine groups is 1. The van der Waals surface area contributed by atoms with Crippen molar-refractivity contribution in [3.63, 3.8) is 0 Å². The van der Waals surface area contributed by atoms with Crippen LogP contribution >= 0.6 is 11.8 Å². The van der Waals surface area contributed by atoms with E-state index in [0.29, 0.717) is 34.2 Å². The van der Waals surface area contributed by atoms with E-state index in [2.05, 4.69) is 25.1 Å². The summed E-state index contributed by atoms with van der Waals surface area (Å²) in [6.07, 6.45) is -3.31. The minimum Gasteiger partial charge on any atom is -0.497 e. The first-order chi connectivity index (χ1) is 22.3. The van der Waals surface area contributed by atoms with Gasteiger partial charge in [-0.05, 0) is 66.8 Å². The van der Waals surface area contributed by atoms with E-state index < -0.39 is 12.4 Å². The summed E-state index contributed by atoms with van der Waals surface area (Å²) in [5, 5.41) is 7.53. The number of anilines is 1. The van der Waals surface area contributed by atoms with Crippen LogP contribution < -0.4 is 19.7 Å². The Morgan fingerprint density at radius 3 is 2.34 bits per heavy atom. The molecule has 0 unspecified atom stereocenters. The van der Waals surface area contributed by atoms with Crippen LogP contribution in [0.4, 0.5) is 23.7 Å². The number of nitrogens with zero attached hydrogens (tertiary/aromatic N) is 5. The molecule has 0 bridgehead atoms. The van der Waals surface area contributed by atoms with Crippen molar-refractivity contribution in [2.75, 3.05) is 17.8 Å². The third kappa shape index (κ3) is 7.83. The molecule has 1 N–H and O–H groups in total. The number of alkyl halides is 3. The Hall–Kier alpha value is -5.11. The number of aliphatic imine (C=N–C) groups is 1. The summed E-state index contributed by atoms with van der Waals surface area (Å²) in [7, 11) is 1.55. The van der Waals surface area contributed by atoms with E-state index in [-0.39, 0.29) is 28.5 Å². The van der Waals surface area contributed by atoms with Gasteiger partial charge in [0.1, 0.15) is 17.8 Å². The first kappa shape index (κ1) is 33.3. The predicted octanol–water partition coefficient (Wildman–Crippen LogP) is 7.56. The average Bonchev–Trinajstić information content (AvgIpc) is 3.67. The van der Waals surface area contributed by atoms with Gasteiger partial charge in [-0.3, -0.25) is 9.69 Å². The third-order valence-electron chi connectivity index (χ3n) is 7.32. The number of hydrogen-bond acceptors (Lipinski definition) is 7. The van der Waals surface area contributed by atoms with Gasteiger partial charge in [0.2, 0.25) is 5.91 Å². The van der Waals surface area contributed by atoms with Crippen LogP contribution in [0.2, 0.25) is 0 Å². The fourth-order valence-corrected chi connectivity index (χ4v) is 5.65. The van der Waals surface area contributed by atoms with Gasteiger partial charge < -0.3 is 14.8 Å². The molecular weight excluding hydrogens is 633 g/mol. The Kier molecular flexibility index (Phi) is 9.70. The van der Waals surface area contributed by atoms with E-state index in [1.807, 2.05) is 57.2 Å². The minimum absolute atomic E-state index is 0.123. The van der Waals surface area contributed by atoms with Crippen molar-refractivity contribution < 1.29 is 32.2 Å². The second kappa shape index (κ2) is 13.7. The van der Waals surface area contributed by atoms with Crippen LogP contribution in [0.1, 0.15) is 44.7 Å². The number of aromatic nitrogens is 3.